The zero-order valence-corrected chi connectivity index (χ0v) is 11.2. The quantitative estimate of drug-likeness (QED) is 0.870. The van der Waals surface area contributed by atoms with E-state index in [9.17, 15) is 9.59 Å². The normalized spacial score (nSPS) is 15.7. The zero-order valence-electron chi connectivity index (χ0n) is 11.2. The summed E-state index contributed by atoms with van der Waals surface area (Å²) < 4.78 is 0. The molecule has 5 nitrogen and oxygen atoms in total. The zero-order chi connectivity index (χ0) is 14.0. The molecule has 1 aromatic rings. The lowest BCUT2D eigenvalue weighted by Crippen LogP contribution is -2.36. The molecule has 0 saturated heterocycles. The number of carbonyl (C=O) groups excluding carboxylic acids is 2. The van der Waals surface area contributed by atoms with Gasteiger partial charge < -0.3 is 16.0 Å². The first-order valence-corrected chi connectivity index (χ1v) is 6.42. The molecule has 1 aromatic carbocycles. The average Bonchev–Trinajstić information content (AvgIpc) is 3.20. The lowest BCUT2D eigenvalue weighted by molar-refractivity contribution is 0.0727. The Bertz CT molecular complexity index is 480. The van der Waals surface area contributed by atoms with Crippen LogP contribution in [0.4, 0.5) is 10.5 Å². The number of rotatable bonds is 4. The van der Waals surface area contributed by atoms with Crippen molar-refractivity contribution >= 4 is 17.6 Å². The lowest BCUT2D eigenvalue weighted by atomic mass is 10.1. The summed E-state index contributed by atoms with van der Waals surface area (Å²) in [5, 5.41) is 2.47. The maximum Gasteiger partial charge on any atom is 0.316 e. The third-order valence-electron chi connectivity index (χ3n) is 3.63. The van der Waals surface area contributed by atoms with Gasteiger partial charge in [-0.15, -0.1) is 0 Å². The molecule has 2 rings (SSSR count). The fraction of sp³-hybridized carbons (Fsp3) is 0.429. The first kappa shape index (κ1) is 13.4. The van der Waals surface area contributed by atoms with Crippen LogP contribution >= 0.6 is 0 Å². The Morgan fingerprint density at radius 1 is 1.32 bits per heavy atom. The van der Waals surface area contributed by atoms with E-state index in [4.69, 9.17) is 5.73 Å². The van der Waals surface area contributed by atoms with Gasteiger partial charge in [-0.3, -0.25) is 4.79 Å². The minimum atomic E-state index is -0.612. The van der Waals surface area contributed by atoms with E-state index >= 15 is 0 Å². The third-order valence-corrected chi connectivity index (χ3v) is 3.63. The fourth-order valence-corrected chi connectivity index (χ4v) is 2.12. The molecule has 3 amide bonds. The molecule has 0 bridgehead atoms. The standard InChI is InChI=1S/C14H19N3O2/c1-9(10-3-4-10)17(2)13(18)11-5-7-12(8-6-11)16-14(15)19/h5-10H,3-4H2,1-2H3,(H3,15,16,19). The Kier molecular flexibility index (Phi) is 3.74. The van der Waals surface area contributed by atoms with Crippen molar-refractivity contribution in [3.05, 3.63) is 29.8 Å². The summed E-state index contributed by atoms with van der Waals surface area (Å²) in [4.78, 5) is 24.8. The highest BCUT2D eigenvalue weighted by molar-refractivity contribution is 5.95. The lowest BCUT2D eigenvalue weighted by Gasteiger charge is -2.25. The fourth-order valence-electron chi connectivity index (χ4n) is 2.12. The van der Waals surface area contributed by atoms with E-state index < -0.39 is 6.03 Å². The number of primary amides is 1. The van der Waals surface area contributed by atoms with Crippen LogP contribution in [0, 0.1) is 5.92 Å². The van der Waals surface area contributed by atoms with Crippen molar-refractivity contribution in [1.29, 1.82) is 0 Å². The molecule has 0 aliphatic heterocycles. The number of urea groups is 1. The van der Waals surface area contributed by atoms with Gasteiger partial charge in [-0.05, 0) is 49.9 Å². The summed E-state index contributed by atoms with van der Waals surface area (Å²) >= 11 is 0. The number of benzene rings is 1. The highest BCUT2D eigenvalue weighted by Crippen LogP contribution is 2.35. The van der Waals surface area contributed by atoms with Crippen molar-refractivity contribution in [3.63, 3.8) is 0 Å². The van der Waals surface area contributed by atoms with Crippen molar-refractivity contribution in [2.24, 2.45) is 11.7 Å². The molecule has 1 aliphatic carbocycles. The summed E-state index contributed by atoms with van der Waals surface area (Å²) in [6.45, 7) is 2.08. The second-order valence-corrected chi connectivity index (χ2v) is 5.06. The number of nitrogens with zero attached hydrogens (tertiary/aromatic N) is 1. The van der Waals surface area contributed by atoms with Crippen LogP contribution in [0.2, 0.25) is 0 Å². The smallest absolute Gasteiger partial charge is 0.316 e. The van der Waals surface area contributed by atoms with Crippen LogP contribution in [0.15, 0.2) is 24.3 Å². The Labute approximate surface area is 112 Å². The Morgan fingerprint density at radius 3 is 2.37 bits per heavy atom. The van der Waals surface area contributed by atoms with Gasteiger partial charge in [-0.1, -0.05) is 0 Å². The van der Waals surface area contributed by atoms with Gasteiger partial charge in [0.05, 0.1) is 0 Å². The summed E-state index contributed by atoms with van der Waals surface area (Å²) in [5.41, 5.74) is 6.23. The molecule has 1 unspecified atom stereocenters. The molecule has 1 atom stereocenters. The van der Waals surface area contributed by atoms with E-state index in [0.29, 0.717) is 17.2 Å². The monoisotopic (exact) mass is 261 g/mol. The molecule has 1 fully saturated rings. The van der Waals surface area contributed by atoms with Crippen LogP contribution in [0.5, 0.6) is 0 Å². The molecular weight excluding hydrogens is 242 g/mol. The molecule has 5 heteroatoms. The van der Waals surface area contributed by atoms with E-state index in [0.717, 1.165) is 0 Å². The molecule has 0 aromatic heterocycles. The minimum Gasteiger partial charge on any atom is -0.351 e. The average molecular weight is 261 g/mol. The number of nitrogens with two attached hydrogens (primary N) is 1. The minimum absolute atomic E-state index is 0.00465. The van der Waals surface area contributed by atoms with Gasteiger partial charge in [0.15, 0.2) is 0 Å². The number of carbonyl (C=O) groups is 2. The van der Waals surface area contributed by atoms with Gasteiger partial charge in [0.25, 0.3) is 5.91 Å². The van der Waals surface area contributed by atoms with Crippen molar-refractivity contribution in [2.75, 3.05) is 12.4 Å². The third kappa shape index (κ3) is 3.24. The Morgan fingerprint density at radius 2 is 1.89 bits per heavy atom. The molecule has 0 spiro atoms. The highest BCUT2D eigenvalue weighted by Gasteiger charge is 2.32. The maximum atomic E-state index is 12.3. The van der Waals surface area contributed by atoms with Crippen molar-refractivity contribution < 1.29 is 9.59 Å². The molecule has 0 radical (unpaired) electrons. The number of nitrogens with one attached hydrogen (secondary N) is 1. The van der Waals surface area contributed by atoms with Crippen molar-refractivity contribution in [1.82, 2.24) is 4.90 Å². The number of hydrogen-bond donors (Lipinski definition) is 2. The number of hydrogen-bond acceptors (Lipinski definition) is 2. The second kappa shape index (κ2) is 5.30. The van der Waals surface area contributed by atoms with E-state index in [2.05, 4.69) is 12.2 Å². The summed E-state index contributed by atoms with van der Waals surface area (Å²) in [7, 11) is 1.83. The molecule has 3 N–H and O–H groups in total. The van der Waals surface area contributed by atoms with Gasteiger partial charge in [-0.25, -0.2) is 4.79 Å². The van der Waals surface area contributed by atoms with Crippen LogP contribution in [0.3, 0.4) is 0 Å². The van der Waals surface area contributed by atoms with E-state index in [1.54, 1.807) is 29.2 Å². The Hall–Kier alpha value is -2.04. The SMILES string of the molecule is CC(C1CC1)N(C)C(=O)c1ccc(NC(N)=O)cc1. The molecule has 1 saturated carbocycles. The molecular formula is C14H19N3O2. The van der Waals surface area contributed by atoms with Gasteiger partial charge in [0.2, 0.25) is 0 Å². The maximum absolute atomic E-state index is 12.3. The summed E-state index contributed by atoms with van der Waals surface area (Å²) in [6.07, 6.45) is 2.42. The largest absolute Gasteiger partial charge is 0.351 e. The van der Waals surface area contributed by atoms with Crippen LogP contribution in [0.1, 0.15) is 30.1 Å². The van der Waals surface area contributed by atoms with E-state index in [1.165, 1.54) is 12.8 Å². The highest BCUT2D eigenvalue weighted by atomic mass is 16.2. The molecule has 1 aliphatic rings. The predicted molar refractivity (Wildman–Crippen MR) is 73.9 cm³/mol. The topological polar surface area (TPSA) is 75.4 Å². The van der Waals surface area contributed by atoms with Crippen LogP contribution < -0.4 is 11.1 Å². The Balaban J connectivity index is 2.04. The van der Waals surface area contributed by atoms with Gasteiger partial charge in [0.1, 0.15) is 0 Å². The van der Waals surface area contributed by atoms with Crippen molar-refractivity contribution in [2.45, 2.75) is 25.8 Å². The molecule has 102 valence electrons. The van der Waals surface area contributed by atoms with Gasteiger partial charge in [0, 0.05) is 24.3 Å². The molecule has 19 heavy (non-hydrogen) atoms. The number of anilines is 1. The second-order valence-electron chi connectivity index (χ2n) is 5.06. The van der Waals surface area contributed by atoms with Gasteiger partial charge in [-0.2, -0.15) is 0 Å². The predicted octanol–water partition coefficient (Wildman–Crippen LogP) is 2.05. The van der Waals surface area contributed by atoms with Crippen molar-refractivity contribution in [3.8, 4) is 0 Å². The first-order chi connectivity index (χ1) is 8.99. The number of amides is 3. The van der Waals surface area contributed by atoms with Crippen LogP contribution in [-0.2, 0) is 0 Å². The van der Waals surface area contributed by atoms with E-state index in [1.807, 2.05) is 7.05 Å². The van der Waals surface area contributed by atoms with Crippen LogP contribution in [-0.4, -0.2) is 29.9 Å². The van der Waals surface area contributed by atoms with E-state index in [-0.39, 0.29) is 11.9 Å². The summed E-state index contributed by atoms with van der Waals surface area (Å²) in [5.74, 6) is 0.648. The summed E-state index contributed by atoms with van der Waals surface area (Å²) in [6, 6.07) is 6.41. The van der Waals surface area contributed by atoms with Gasteiger partial charge >= 0.3 is 6.03 Å². The molecule has 0 heterocycles. The van der Waals surface area contributed by atoms with Crippen LogP contribution in [0.25, 0.3) is 0 Å². The first-order valence-electron chi connectivity index (χ1n) is 6.42.